The van der Waals surface area contributed by atoms with Gasteiger partial charge in [-0.25, -0.2) is 41.1 Å². The molecule has 1 unspecified atom stereocenters. The van der Waals surface area contributed by atoms with Gasteiger partial charge in [-0.15, -0.1) is 0 Å². The summed E-state index contributed by atoms with van der Waals surface area (Å²) in [4.78, 5) is 22.1. The third-order valence-electron chi connectivity index (χ3n) is 4.91. The highest BCUT2D eigenvalue weighted by Gasteiger charge is 2.36. The van der Waals surface area contributed by atoms with E-state index in [-0.39, 0.29) is 35.9 Å². The summed E-state index contributed by atoms with van der Waals surface area (Å²) in [6, 6.07) is 3.19. The first-order valence-electron chi connectivity index (χ1n) is 9.80. The number of rotatable bonds is 7. The number of nitrogens with one attached hydrogen (secondary N) is 1. The number of aromatic nitrogens is 2. The Kier molecular flexibility index (Phi) is 7.26. The Morgan fingerprint density at radius 1 is 1.24 bits per heavy atom. The monoisotopic (exact) mass is 509 g/mol. The number of primary sulfonamides is 1. The minimum absolute atomic E-state index is 0.0425. The molecule has 0 saturated carbocycles. The molecule has 186 valence electrons. The van der Waals surface area contributed by atoms with Gasteiger partial charge in [0.15, 0.2) is 5.03 Å². The van der Waals surface area contributed by atoms with E-state index in [1.807, 2.05) is 0 Å². The Hall–Kier alpha value is -3.07. The van der Waals surface area contributed by atoms with Gasteiger partial charge in [-0.1, -0.05) is 0 Å². The van der Waals surface area contributed by atoms with Crippen LogP contribution >= 0.6 is 0 Å². The number of piperidine rings is 1. The number of nitrogens with two attached hydrogens (primary N) is 1. The van der Waals surface area contributed by atoms with Crippen LogP contribution < -0.4 is 20.1 Å². The van der Waals surface area contributed by atoms with Crippen molar-refractivity contribution in [3.05, 3.63) is 35.7 Å². The molecule has 0 aromatic carbocycles. The lowest BCUT2D eigenvalue weighted by molar-refractivity contribution is -0.0673. The lowest BCUT2D eigenvalue weighted by atomic mass is 10.1. The maximum absolute atomic E-state index is 13.6. The molecular formula is C19H20F5N5O4S. The molecule has 1 amide bonds. The minimum atomic E-state index is -4.18. The predicted octanol–water partition coefficient (Wildman–Crippen LogP) is 2.86. The smallest absolute Gasteiger partial charge is 0.304 e. The molecule has 3 rings (SSSR count). The van der Waals surface area contributed by atoms with E-state index in [9.17, 15) is 35.2 Å². The summed E-state index contributed by atoms with van der Waals surface area (Å²) in [7, 11) is -4.18. The Morgan fingerprint density at radius 2 is 1.88 bits per heavy atom. The van der Waals surface area contributed by atoms with Crippen molar-refractivity contribution in [1.29, 1.82) is 0 Å². The normalized spacial score (nSPS) is 16.9. The van der Waals surface area contributed by atoms with Crippen molar-refractivity contribution >= 4 is 27.4 Å². The Morgan fingerprint density at radius 3 is 2.47 bits per heavy atom. The second kappa shape index (κ2) is 9.66. The van der Waals surface area contributed by atoms with E-state index in [4.69, 9.17) is 5.14 Å². The van der Waals surface area contributed by atoms with Crippen LogP contribution in [-0.4, -0.2) is 56.1 Å². The first-order chi connectivity index (χ1) is 15.8. The zero-order valence-electron chi connectivity index (χ0n) is 17.6. The summed E-state index contributed by atoms with van der Waals surface area (Å²) in [5.41, 5.74) is -0.381. The maximum Gasteiger partial charge on any atom is 0.304 e. The van der Waals surface area contributed by atoms with Gasteiger partial charge in [0.05, 0.1) is 11.3 Å². The average Bonchev–Trinajstić information content (AvgIpc) is 2.74. The van der Waals surface area contributed by atoms with Crippen molar-refractivity contribution in [2.75, 3.05) is 23.3 Å². The van der Waals surface area contributed by atoms with Crippen LogP contribution in [0.25, 0.3) is 0 Å². The van der Waals surface area contributed by atoms with Crippen LogP contribution in [0.2, 0.25) is 0 Å². The maximum atomic E-state index is 13.6. The standard InChI is InChI=1S/C19H20F5N5O4S/c1-10-13(33-16(22)15(20)21)9-12(17(27-10)29-6-3-19(23,24)4-7-29)18(30)28-11-2-5-26-14(8-11)34(25,31)32/h2,5,8-9,15-16H,3-4,6-7H2,1H3,(H2,25,31,32)(H,26,28,30). The van der Waals surface area contributed by atoms with Gasteiger partial charge in [0.1, 0.15) is 11.6 Å². The van der Waals surface area contributed by atoms with E-state index in [0.717, 1.165) is 18.3 Å². The molecule has 1 fully saturated rings. The van der Waals surface area contributed by atoms with Crippen molar-refractivity contribution in [2.24, 2.45) is 5.14 Å². The highest BCUT2D eigenvalue weighted by molar-refractivity contribution is 7.89. The molecule has 0 bridgehead atoms. The van der Waals surface area contributed by atoms with Crippen LogP contribution in [0.5, 0.6) is 5.75 Å². The molecule has 0 spiro atoms. The zero-order valence-corrected chi connectivity index (χ0v) is 18.5. The number of anilines is 2. The van der Waals surface area contributed by atoms with Crippen molar-refractivity contribution < 1.29 is 39.9 Å². The number of pyridine rings is 2. The van der Waals surface area contributed by atoms with Crippen LogP contribution in [0.1, 0.15) is 28.9 Å². The minimum Gasteiger partial charge on any atom is -0.453 e. The largest absolute Gasteiger partial charge is 0.453 e. The number of hydrogen-bond acceptors (Lipinski definition) is 7. The molecule has 3 heterocycles. The summed E-state index contributed by atoms with van der Waals surface area (Å²) in [6.07, 6.45) is -6.40. The van der Waals surface area contributed by atoms with Gasteiger partial charge in [0.2, 0.25) is 0 Å². The summed E-state index contributed by atoms with van der Waals surface area (Å²) >= 11 is 0. The molecule has 1 atom stereocenters. The lowest BCUT2D eigenvalue weighted by Crippen LogP contribution is -2.40. The van der Waals surface area contributed by atoms with E-state index >= 15 is 0 Å². The highest BCUT2D eigenvalue weighted by Crippen LogP contribution is 2.34. The lowest BCUT2D eigenvalue weighted by Gasteiger charge is -2.33. The fourth-order valence-corrected chi connectivity index (χ4v) is 3.66. The van der Waals surface area contributed by atoms with E-state index in [2.05, 4.69) is 20.0 Å². The number of halogens is 5. The molecular weight excluding hydrogens is 489 g/mol. The number of nitrogens with zero attached hydrogens (tertiary/aromatic N) is 3. The number of amides is 1. The van der Waals surface area contributed by atoms with Crippen LogP contribution in [0, 0.1) is 6.92 Å². The van der Waals surface area contributed by atoms with Gasteiger partial charge in [-0.05, 0) is 19.1 Å². The molecule has 1 aliphatic heterocycles. The molecule has 34 heavy (non-hydrogen) atoms. The Bertz CT molecular complexity index is 1170. The summed E-state index contributed by atoms with van der Waals surface area (Å²) in [5, 5.41) is 6.87. The second-order valence-corrected chi connectivity index (χ2v) is 8.98. The SMILES string of the molecule is Cc1nc(N2CCC(F)(F)CC2)c(C(=O)Nc2ccnc(S(N)(=O)=O)c2)cc1OC(F)C(F)F. The van der Waals surface area contributed by atoms with E-state index in [1.54, 1.807) is 0 Å². The molecule has 1 aliphatic rings. The number of aryl methyl sites for hydroxylation is 1. The van der Waals surface area contributed by atoms with Gasteiger partial charge in [0.25, 0.3) is 28.2 Å². The van der Waals surface area contributed by atoms with Crippen LogP contribution in [0.15, 0.2) is 29.4 Å². The average molecular weight is 509 g/mol. The number of carbonyl (C=O) groups is 1. The van der Waals surface area contributed by atoms with Gasteiger partial charge in [-0.3, -0.25) is 4.79 Å². The first-order valence-corrected chi connectivity index (χ1v) is 11.3. The van der Waals surface area contributed by atoms with Crippen molar-refractivity contribution in [1.82, 2.24) is 9.97 Å². The number of carbonyl (C=O) groups excluding carboxylic acids is 1. The molecule has 0 radical (unpaired) electrons. The fourth-order valence-electron chi connectivity index (χ4n) is 3.16. The van der Waals surface area contributed by atoms with Crippen molar-refractivity contribution in [3.63, 3.8) is 0 Å². The van der Waals surface area contributed by atoms with Crippen molar-refractivity contribution in [3.8, 4) is 5.75 Å². The van der Waals surface area contributed by atoms with Crippen LogP contribution in [0.3, 0.4) is 0 Å². The van der Waals surface area contributed by atoms with E-state index in [1.165, 1.54) is 17.9 Å². The summed E-state index contributed by atoms with van der Waals surface area (Å²) < 4.78 is 93.6. The highest BCUT2D eigenvalue weighted by atomic mass is 32.2. The third-order valence-corrected chi connectivity index (χ3v) is 5.71. The van der Waals surface area contributed by atoms with Crippen LogP contribution in [-0.2, 0) is 10.0 Å². The summed E-state index contributed by atoms with van der Waals surface area (Å²) in [5.74, 6) is -4.31. The topological polar surface area (TPSA) is 128 Å². The Labute approximate surface area is 191 Å². The van der Waals surface area contributed by atoms with Gasteiger partial charge in [-0.2, -0.15) is 4.39 Å². The van der Waals surface area contributed by atoms with E-state index < -0.39 is 58.3 Å². The number of sulfonamides is 1. The zero-order chi connectivity index (χ0) is 25.3. The number of alkyl halides is 5. The van der Waals surface area contributed by atoms with E-state index in [0.29, 0.717) is 0 Å². The third kappa shape index (κ3) is 6.08. The first kappa shape index (κ1) is 25.6. The van der Waals surface area contributed by atoms with Gasteiger partial charge in [0, 0.05) is 43.9 Å². The molecule has 3 N–H and O–H groups in total. The predicted molar refractivity (Wildman–Crippen MR) is 110 cm³/mol. The Balaban J connectivity index is 1.99. The number of ether oxygens (including phenoxy) is 1. The van der Waals surface area contributed by atoms with Gasteiger partial charge >= 0.3 is 6.43 Å². The molecule has 2 aromatic rings. The molecule has 15 heteroatoms. The molecule has 2 aromatic heterocycles. The molecule has 0 aliphatic carbocycles. The fraction of sp³-hybridized carbons (Fsp3) is 0.421. The van der Waals surface area contributed by atoms with Gasteiger partial charge < -0.3 is 15.0 Å². The van der Waals surface area contributed by atoms with Crippen molar-refractivity contribution in [2.45, 2.75) is 43.5 Å². The molecule has 1 saturated heterocycles. The molecule has 9 nitrogen and oxygen atoms in total. The number of hydrogen-bond donors (Lipinski definition) is 2. The summed E-state index contributed by atoms with van der Waals surface area (Å²) in [6.45, 7) is 1.000. The second-order valence-electron chi connectivity index (χ2n) is 7.47. The quantitative estimate of drug-likeness (QED) is 0.550. The van der Waals surface area contributed by atoms with Crippen LogP contribution in [0.4, 0.5) is 33.5 Å².